The van der Waals surface area contributed by atoms with Crippen LogP contribution in [0, 0.1) is 5.92 Å². The molecule has 0 aliphatic carbocycles. The Bertz CT molecular complexity index is 1760. The topological polar surface area (TPSA) is 197 Å². The number of nitrogens with two attached hydrogens (primary N) is 1. The number of carboxylic acid groups (broad SMARTS) is 1. The van der Waals surface area contributed by atoms with E-state index in [0.717, 1.165) is 87.3 Å². The van der Waals surface area contributed by atoms with E-state index in [1.165, 1.54) is 0 Å². The summed E-state index contributed by atoms with van der Waals surface area (Å²) in [5.74, 6) is -3.17. The maximum Gasteiger partial charge on any atom is 0.326 e. The van der Waals surface area contributed by atoms with Gasteiger partial charge < -0.3 is 32.1 Å². The summed E-state index contributed by atoms with van der Waals surface area (Å²) in [6.07, 6.45) is 14.2. The Kier molecular flexibility index (Phi) is 23.6. The van der Waals surface area contributed by atoms with E-state index >= 15 is 0 Å². The number of rotatable bonds is 31. The molecule has 7 N–H and O–H groups in total. The van der Waals surface area contributed by atoms with Crippen molar-refractivity contribution >= 4 is 35.5 Å². The van der Waals surface area contributed by atoms with E-state index in [2.05, 4.69) is 21.3 Å². The molecule has 0 heterocycles. The van der Waals surface area contributed by atoms with Crippen LogP contribution in [0.15, 0.2) is 91.0 Å². The first-order valence-corrected chi connectivity index (χ1v) is 22.3. The number of primary amides is 1. The molecule has 0 saturated heterocycles. The second-order valence-corrected chi connectivity index (χ2v) is 16.2. The first kappa shape index (κ1) is 49.8. The molecule has 12 nitrogen and oxygen atoms in total. The highest BCUT2D eigenvalue weighted by Gasteiger charge is 2.30. The van der Waals surface area contributed by atoms with Crippen LogP contribution >= 0.6 is 0 Å². The lowest BCUT2D eigenvalue weighted by Crippen LogP contribution is -2.55. The number of carbonyl (C=O) groups excluding carboxylic acids is 5. The molecule has 0 aliphatic rings. The van der Waals surface area contributed by atoms with Crippen molar-refractivity contribution in [3.8, 4) is 0 Å². The number of benzene rings is 3. The van der Waals surface area contributed by atoms with Crippen LogP contribution in [0.5, 0.6) is 0 Å². The van der Waals surface area contributed by atoms with Crippen LogP contribution in [0.1, 0.15) is 127 Å². The molecule has 12 heteroatoms. The molecule has 0 spiro atoms. The smallest absolute Gasteiger partial charge is 0.326 e. The molecular weight excluding hydrogens is 771 g/mol. The molecule has 61 heavy (non-hydrogen) atoms. The van der Waals surface area contributed by atoms with Gasteiger partial charge in [-0.05, 0) is 35.4 Å². The summed E-state index contributed by atoms with van der Waals surface area (Å²) in [7, 11) is 0. The van der Waals surface area contributed by atoms with Crippen molar-refractivity contribution in [3.63, 3.8) is 0 Å². The summed E-state index contributed by atoms with van der Waals surface area (Å²) in [6, 6.07) is 24.2. The molecular formula is C49H69N5O7. The number of carboxylic acids is 1. The standard InChI is InChI=1S/C49H69N5O7/c1-3-36(2)45(48(59)52-40(46(50)57)33-37-25-17-14-18-26-37)54-44(56)32-24-13-11-9-7-5-4-6-8-10-12-23-31-43(55)51-41(34-38-27-19-15-20-28-38)47(58)53-42(49(60)61)35-39-29-21-16-22-30-39/h14-22,25-30,36,40-42,45H,3-13,23-24,31-35H2,1-2H3,(H2,50,57)(H,51,55)(H,52,59)(H,53,58)(H,54,56)(H,60,61)/t36?,40-,41-,42-,45-/m0/s1. The van der Waals surface area contributed by atoms with E-state index < -0.39 is 47.9 Å². The molecule has 0 radical (unpaired) electrons. The van der Waals surface area contributed by atoms with Gasteiger partial charge in [-0.25, -0.2) is 4.79 Å². The second kappa shape index (κ2) is 28.9. The SMILES string of the molecule is CCC(C)[C@H](NC(=O)CCCCCCCCCCCCCCC(=O)N[C@@H](Cc1ccccc1)C(=O)N[C@@H](Cc1ccccc1)C(=O)O)C(=O)N[C@@H](Cc1ccccc1)C(N)=O. The fourth-order valence-electron chi connectivity index (χ4n) is 7.27. The summed E-state index contributed by atoms with van der Waals surface area (Å²) in [4.78, 5) is 76.4. The van der Waals surface area contributed by atoms with E-state index in [4.69, 9.17) is 5.73 Å². The van der Waals surface area contributed by atoms with Crippen molar-refractivity contribution in [2.45, 2.75) is 154 Å². The Morgan fingerprint density at radius 1 is 0.492 bits per heavy atom. The average Bonchev–Trinajstić information content (AvgIpc) is 3.25. The molecule has 0 saturated carbocycles. The lowest BCUT2D eigenvalue weighted by molar-refractivity contribution is -0.142. The van der Waals surface area contributed by atoms with Gasteiger partial charge in [-0.2, -0.15) is 0 Å². The molecule has 0 aliphatic heterocycles. The quantitative estimate of drug-likeness (QED) is 0.0386. The van der Waals surface area contributed by atoms with Crippen molar-refractivity contribution in [3.05, 3.63) is 108 Å². The minimum atomic E-state index is -1.13. The third kappa shape index (κ3) is 20.5. The maximum atomic E-state index is 13.3. The highest BCUT2D eigenvalue weighted by molar-refractivity contribution is 5.92. The van der Waals surface area contributed by atoms with E-state index in [0.29, 0.717) is 25.7 Å². The highest BCUT2D eigenvalue weighted by Crippen LogP contribution is 2.15. The van der Waals surface area contributed by atoms with Crippen molar-refractivity contribution in [1.29, 1.82) is 0 Å². The minimum absolute atomic E-state index is 0.112. The Morgan fingerprint density at radius 2 is 0.852 bits per heavy atom. The van der Waals surface area contributed by atoms with Gasteiger partial charge in [0.25, 0.3) is 0 Å². The molecule has 5 atom stereocenters. The van der Waals surface area contributed by atoms with Gasteiger partial charge >= 0.3 is 5.97 Å². The van der Waals surface area contributed by atoms with Crippen LogP contribution in [0.2, 0.25) is 0 Å². The fourth-order valence-corrected chi connectivity index (χ4v) is 7.27. The van der Waals surface area contributed by atoms with Crippen LogP contribution in [0.25, 0.3) is 0 Å². The van der Waals surface area contributed by atoms with Crippen LogP contribution in [-0.2, 0) is 48.0 Å². The predicted molar refractivity (Wildman–Crippen MR) is 239 cm³/mol. The van der Waals surface area contributed by atoms with Crippen molar-refractivity contribution < 1.29 is 33.9 Å². The van der Waals surface area contributed by atoms with E-state index in [-0.39, 0.29) is 37.0 Å². The Labute approximate surface area is 362 Å². The minimum Gasteiger partial charge on any atom is -0.480 e. The summed E-state index contributed by atoms with van der Waals surface area (Å²) < 4.78 is 0. The lowest BCUT2D eigenvalue weighted by atomic mass is 9.97. The molecule has 332 valence electrons. The summed E-state index contributed by atoms with van der Waals surface area (Å²) in [5, 5.41) is 21.0. The number of amides is 5. The normalized spacial score (nSPS) is 13.5. The first-order valence-electron chi connectivity index (χ1n) is 22.3. The van der Waals surface area contributed by atoms with Crippen LogP contribution in [0.4, 0.5) is 0 Å². The second-order valence-electron chi connectivity index (χ2n) is 16.2. The third-order valence-electron chi connectivity index (χ3n) is 11.1. The molecule has 5 amide bonds. The zero-order chi connectivity index (χ0) is 44.2. The molecule has 1 unspecified atom stereocenters. The Balaban J connectivity index is 1.25. The maximum absolute atomic E-state index is 13.3. The highest BCUT2D eigenvalue weighted by atomic mass is 16.4. The molecule has 0 fully saturated rings. The zero-order valence-corrected chi connectivity index (χ0v) is 36.2. The predicted octanol–water partition coefficient (Wildman–Crippen LogP) is 6.73. The van der Waals surface area contributed by atoms with E-state index in [9.17, 15) is 33.9 Å². The summed E-state index contributed by atoms with van der Waals surface area (Å²) >= 11 is 0. The zero-order valence-electron chi connectivity index (χ0n) is 36.2. The monoisotopic (exact) mass is 840 g/mol. The Hall–Kier alpha value is -5.52. The van der Waals surface area contributed by atoms with Crippen molar-refractivity contribution in [2.24, 2.45) is 11.7 Å². The number of hydrogen-bond acceptors (Lipinski definition) is 6. The number of carbonyl (C=O) groups is 6. The van der Waals surface area contributed by atoms with Gasteiger partial charge in [0.2, 0.25) is 29.5 Å². The number of unbranched alkanes of at least 4 members (excludes halogenated alkanes) is 11. The number of nitrogens with one attached hydrogen (secondary N) is 4. The Morgan fingerprint density at radius 3 is 1.25 bits per heavy atom. The van der Waals surface area contributed by atoms with Gasteiger partial charge in [0.05, 0.1) is 0 Å². The fraction of sp³-hybridized carbons (Fsp3) is 0.510. The lowest BCUT2D eigenvalue weighted by Gasteiger charge is -2.26. The van der Waals surface area contributed by atoms with Crippen molar-refractivity contribution in [2.75, 3.05) is 0 Å². The largest absolute Gasteiger partial charge is 0.480 e. The van der Waals surface area contributed by atoms with Gasteiger partial charge in [0.1, 0.15) is 24.2 Å². The average molecular weight is 840 g/mol. The van der Waals surface area contributed by atoms with Gasteiger partial charge in [0.15, 0.2) is 0 Å². The van der Waals surface area contributed by atoms with Gasteiger partial charge in [-0.3, -0.25) is 24.0 Å². The number of aliphatic carboxylic acids is 1. The van der Waals surface area contributed by atoms with E-state index in [1.807, 2.05) is 105 Å². The molecule has 0 bridgehead atoms. The van der Waals surface area contributed by atoms with E-state index in [1.54, 1.807) is 0 Å². The molecule has 0 aromatic heterocycles. The molecule has 3 rings (SSSR count). The first-order chi connectivity index (χ1) is 29.5. The van der Waals surface area contributed by atoms with Crippen LogP contribution in [-0.4, -0.2) is 64.8 Å². The third-order valence-corrected chi connectivity index (χ3v) is 11.1. The molecule has 3 aromatic rings. The van der Waals surface area contributed by atoms with Gasteiger partial charge in [-0.1, -0.05) is 175 Å². The van der Waals surface area contributed by atoms with Crippen LogP contribution in [0.3, 0.4) is 0 Å². The van der Waals surface area contributed by atoms with Crippen LogP contribution < -0.4 is 27.0 Å². The number of hydrogen-bond donors (Lipinski definition) is 6. The summed E-state index contributed by atoms with van der Waals surface area (Å²) in [5.41, 5.74) is 8.15. The van der Waals surface area contributed by atoms with Gasteiger partial charge in [0, 0.05) is 32.1 Å². The van der Waals surface area contributed by atoms with Crippen molar-refractivity contribution in [1.82, 2.24) is 21.3 Å². The summed E-state index contributed by atoms with van der Waals surface area (Å²) in [6.45, 7) is 3.87. The molecule has 3 aromatic carbocycles. The van der Waals surface area contributed by atoms with Gasteiger partial charge in [-0.15, -0.1) is 0 Å².